The molecule has 0 aromatic carbocycles. The molecule has 0 saturated heterocycles. The Morgan fingerprint density at radius 1 is 0.812 bits per heavy atom. The molecule has 0 aliphatic heterocycles. The monoisotopic (exact) mass is 227 g/mol. The number of hydrogen-bond donors (Lipinski definition) is 1. The van der Waals surface area contributed by atoms with Crippen LogP contribution in [0, 0.1) is 5.92 Å². The zero-order chi connectivity index (χ0) is 12.2. The van der Waals surface area contributed by atoms with Crippen molar-refractivity contribution in [3.05, 3.63) is 0 Å². The van der Waals surface area contributed by atoms with Gasteiger partial charge in [-0.2, -0.15) is 0 Å². The second kappa shape index (κ2) is 11.4. The second-order valence-electron chi connectivity index (χ2n) is 5.33. The first-order valence-corrected chi connectivity index (χ1v) is 7.45. The van der Waals surface area contributed by atoms with Crippen molar-refractivity contribution in [1.82, 2.24) is 5.32 Å². The molecule has 1 nitrogen and oxygen atoms in total. The van der Waals surface area contributed by atoms with E-state index < -0.39 is 0 Å². The third kappa shape index (κ3) is 9.21. The van der Waals surface area contributed by atoms with Crippen LogP contribution >= 0.6 is 0 Å². The Labute approximate surface area is 103 Å². The first-order valence-electron chi connectivity index (χ1n) is 7.45. The summed E-state index contributed by atoms with van der Waals surface area (Å²) in [5.74, 6) is 0.773. The summed E-state index contributed by atoms with van der Waals surface area (Å²) in [5, 5.41) is 3.67. The van der Waals surface area contributed by atoms with Crippen molar-refractivity contribution in [2.24, 2.45) is 5.92 Å². The lowest BCUT2D eigenvalue weighted by atomic mass is 10.0. The summed E-state index contributed by atoms with van der Waals surface area (Å²) < 4.78 is 0. The third-order valence-corrected chi connectivity index (χ3v) is 3.43. The molecule has 1 N–H and O–H groups in total. The molecule has 1 unspecified atom stereocenters. The lowest BCUT2D eigenvalue weighted by Gasteiger charge is -2.20. The first kappa shape index (κ1) is 16.0. The van der Waals surface area contributed by atoms with Gasteiger partial charge in [0.15, 0.2) is 0 Å². The van der Waals surface area contributed by atoms with Gasteiger partial charge < -0.3 is 5.32 Å². The van der Waals surface area contributed by atoms with E-state index in [4.69, 9.17) is 0 Å². The van der Waals surface area contributed by atoms with Gasteiger partial charge in [-0.05, 0) is 25.3 Å². The molecule has 0 fully saturated rings. The maximum absolute atomic E-state index is 3.67. The normalized spacial score (nSPS) is 13.3. The van der Waals surface area contributed by atoms with Gasteiger partial charge >= 0.3 is 0 Å². The molecule has 0 aliphatic rings. The summed E-state index contributed by atoms with van der Waals surface area (Å²) >= 11 is 0. The number of unbranched alkanes of at least 4 members (excludes halogenated alkanes) is 6. The van der Waals surface area contributed by atoms with Crippen molar-refractivity contribution in [2.75, 3.05) is 6.54 Å². The molecule has 1 atom stereocenters. The Morgan fingerprint density at radius 2 is 1.38 bits per heavy atom. The fourth-order valence-corrected chi connectivity index (χ4v) is 2.22. The summed E-state index contributed by atoms with van der Waals surface area (Å²) in [6.07, 6.45) is 11.1. The minimum absolute atomic E-state index is 0.722. The summed E-state index contributed by atoms with van der Waals surface area (Å²) in [6.45, 7) is 10.4. The maximum atomic E-state index is 3.67. The van der Waals surface area contributed by atoms with Crippen LogP contribution in [0.5, 0.6) is 0 Å². The van der Waals surface area contributed by atoms with Crippen molar-refractivity contribution < 1.29 is 0 Å². The molecule has 1 heteroatoms. The van der Waals surface area contributed by atoms with E-state index in [9.17, 15) is 0 Å². The molecule has 0 spiro atoms. The molecule has 0 amide bonds. The van der Waals surface area contributed by atoms with E-state index in [1.807, 2.05) is 0 Å². The summed E-state index contributed by atoms with van der Waals surface area (Å²) in [4.78, 5) is 0. The minimum Gasteiger partial charge on any atom is -0.314 e. The molecule has 0 aromatic heterocycles. The Balaban J connectivity index is 3.19. The van der Waals surface area contributed by atoms with Crippen LogP contribution in [-0.2, 0) is 0 Å². The van der Waals surface area contributed by atoms with Crippen molar-refractivity contribution in [2.45, 2.75) is 85.1 Å². The SMILES string of the molecule is CCCCCCCCCNC(CC)C(C)C. The van der Waals surface area contributed by atoms with Crippen LogP contribution in [0.15, 0.2) is 0 Å². The number of hydrogen-bond acceptors (Lipinski definition) is 1. The topological polar surface area (TPSA) is 12.0 Å². The molecule has 16 heavy (non-hydrogen) atoms. The van der Waals surface area contributed by atoms with E-state index in [-0.39, 0.29) is 0 Å². The fraction of sp³-hybridized carbons (Fsp3) is 1.00. The Hall–Kier alpha value is -0.0400. The fourth-order valence-electron chi connectivity index (χ4n) is 2.22. The molecule has 0 aliphatic carbocycles. The first-order chi connectivity index (χ1) is 7.72. The van der Waals surface area contributed by atoms with E-state index >= 15 is 0 Å². The lowest BCUT2D eigenvalue weighted by Crippen LogP contribution is -2.33. The highest BCUT2D eigenvalue weighted by Gasteiger charge is 2.08. The van der Waals surface area contributed by atoms with Crippen LogP contribution in [0.1, 0.15) is 79.1 Å². The summed E-state index contributed by atoms with van der Waals surface area (Å²) in [5.41, 5.74) is 0. The highest BCUT2D eigenvalue weighted by molar-refractivity contribution is 4.68. The van der Waals surface area contributed by atoms with Gasteiger partial charge in [0, 0.05) is 6.04 Å². The van der Waals surface area contributed by atoms with Crippen LogP contribution in [0.2, 0.25) is 0 Å². The highest BCUT2D eigenvalue weighted by atomic mass is 14.9. The summed E-state index contributed by atoms with van der Waals surface area (Å²) in [6, 6.07) is 0.722. The van der Waals surface area contributed by atoms with Gasteiger partial charge in [0.05, 0.1) is 0 Å². The van der Waals surface area contributed by atoms with Gasteiger partial charge in [-0.1, -0.05) is 66.2 Å². The smallest absolute Gasteiger partial charge is 0.00874 e. The molecular formula is C15H33N. The molecule has 0 radical (unpaired) electrons. The largest absolute Gasteiger partial charge is 0.314 e. The average Bonchev–Trinajstić information content (AvgIpc) is 2.26. The van der Waals surface area contributed by atoms with Crippen LogP contribution < -0.4 is 5.32 Å². The van der Waals surface area contributed by atoms with Crippen LogP contribution in [0.3, 0.4) is 0 Å². The minimum atomic E-state index is 0.722. The van der Waals surface area contributed by atoms with Crippen molar-refractivity contribution in [1.29, 1.82) is 0 Å². The molecular weight excluding hydrogens is 194 g/mol. The molecule has 0 heterocycles. The maximum Gasteiger partial charge on any atom is 0.00874 e. The quantitative estimate of drug-likeness (QED) is 0.502. The van der Waals surface area contributed by atoms with Gasteiger partial charge in [0.2, 0.25) is 0 Å². The Morgan fingerprint density at radius 3 is 1.88 bits per heavy atom. The van der Waals surface area contributed by atoms with Crippen molar-refractivity contribution in [3.63, 3.8) is 0 Å². The molecule has 0 bridgehead atoms. The highest BCUT2D eigenvalue weighted by Crippen LogP contribution is 2.08. The average molecular weight is 227 g/mol. The number of nitrogens with one attached hydrogen (secondary N) is 1. The van der Waals surface area contributed by atoms with E-state index in [0.29, 0.717) is 0 Å². The van der Waals surface area contributed by atoms with E-state index in [1.165, 1.54) is 57.9 Å². The molecule has 0 rings (SSSR count). The molecule has 0 saturated carbocycles. The van der Waals surface area contributed by atoms with Gasteiger partial charge in [-0.15, -0.1) is 0 Å². The predicted molar refractivity (Wildman–Crippen MR) is 74.9 cm³/mol. The van der Waals surface area contributed by atoms with E-state index in [2.05, 4.69) is 33.0 Å². The predicted octanol–water partition coefficient (Wildman–Crippen LogP) is 4.76. The molecule has 98 valence electrons. The number of rotatable bonds is 11. The van der Waals surface area contributed by atoms with Gasteiger partial charge in [-0.3, -0.25) is 0 Å². The second-order valence-corrected chi connectivity index (χ2v) is 5.33. The third-order valence-electron chi connectivity index (χ3n) is 3.43. The van der Waals surface area contributed by atoms with Crippen molar-refractivity contribution in [3.8, 4) is 0 Å². The lowest BCUT2D eigenvalue weighted by molar-refractivity contribution is 0.383. The van der Waals surface area contributed by atoms with Crippen LogP contribution in [0.4, 0.5) is 0 Å². The van der Waals surface area contributed by atoms with Gasteiger partial charge in [-0.25, -0.2) is 0 Å². The zero-order valence-electron chi connectivity index (χ0n) is 12.0. The van der Waals surface area contributed by atoms with Gasteiger partial charge in [0.25, 0.3) is 0 Å². The zero-order valence-corrected chi connectivity index (χ0v) is 12.0. The Kier molecular flexibility index (Phi) is 11.4. The Bertz CT molecular complexity index is 131. The van der Waals surface area contributed by atoms with E-state index in [1.54, 1.807) is 0 Å². The van der Waals surface area contributed by atoms with E-state index in [0.717, 1.165) is 12.0 Å². The molecule has 0 aromatic rings. The summed E-state index contributed by atoms with van der Waals surface area (Å²) in [7, 11) is 0. The van der Waals surface area contributed by atoms with Gasteiger partial charge in [0.1, 0.15) is 0 Å². The van der Waals surface area contributed by atoms with Crippen LogP contribution in [-0.4, -0.2) is 12.6 Å². The van der Waals surface area contributed by atoms with Crippen molar-refractivity contribution >= 4 is 0 Å². The van der Waals surface area contributed by atoms with Crippen LogP contribution in [0.25, 0.3) is 0 Å². The standard InChI is InChI=1S/C15H33N/c1-5-7-8-9-10-11-12-13-16-15(6-2)14(3)4/h14-16H,5-13H2,1-4H3.